The molecule has 0 bridgehead atoms. The molecule has 23 heavy (non-hydrogen) atoms. The van der Waals surface area contributed by atoms with Crippen LogP contribution < -0.4 is 10.6 Å². The summed E-state index contributed by atoms with van der Waals surface area (Å²) in [7, 11) is 0. The standard InChI is InChI=1S/C18H15N3O2/c22-17(20-12-13-6-2-1-3-7-13)18(23)21-15-10-4-8-14-9-5-11-19-16(14)15/h1-11H,12H2,(H,20,22)(H,21,23). The number of hydrogen-bond acceptors (Lipinski definition) is 3. The molecule has 0 spiro atoms. The van der Waals surface area contributed by atoms with E-state index in [-0.39, 0.29) is 0 Å². The highest BCUT2D eigenvalue weighted by atomic mass is 16.2. The average molecular weight is 305 g/mol. The number of carbonyl (C=O) groups is 2. The summed E-state index contributed by atoms with van der Waals surface area (Å²) < 4.78 is 0. The average Bonchev–Trinajstić information content (AvgIpc) is 2.61. The lowest BCUT2D eigenvalue weighted by Gasteiger charge is -2.08. The molecule has 3 aromatic rings. The number of fused-ring (bicyclic) bond motifs is 1. The summed E-state index contributed by atoms with van der Waals surface area (Å²) in [5.41, 5.74) is 2.10. The molecule has 0 aliphatic heterocycles. The monoisotopic (exact) mass is 305 g/mol. The molecule has 2 N–H and O–H groups in total. The Kier molecular flexibility index (Phi) is 4.29. The molecule has 0 atom stereocenters. The van der Waals surface area contributed by atoms with Crippen LogP contribution in [0.25, 0.3) is 10.9 Å². The first-order valence-corrected chi connectivity index (χ1v) is 7.21. The Morgan fingerprint density at radius 3 is 2.48 bits per heavy atom. The molecule has 0 radical (unpaired) electrons. The van der Waals surface area contributed by atoms with E-state index >= 15 is 0 Å². The number of pyridine rings is 1. The van der Waals surface area contributed by atoms with Crippen LogP contribution in [0.2, 0.25) is 0 Å². The fourth-order valence-electron chi connectivity index (χ4n) is 2.24. The van der Waals surface area contributed by atoms with Crippen LogP contribution in [-0.4, -0.2) is 16.8 Å². The quantitative estimate of drug-likeness (QED) is 0.730. The summed E-state index contributed by atoms with van der Waals surface area (Å²) in [6.07, 6.45) is 1.65. The molecule has 0 saturated carbocycles. The molecule has 114 valence electrons. The lowest BCUT2D eigenvalue weighted by atomic mass is 10.2. The summed E-state index contributed by atoms with van der Waals surface area (Å²) in [6, 6.07) is 18.6. The van der Waals surface area contributed by atoms with E-state index in [2.05, 4.69) is 15.6 Å². The molecule has 5 heteroatoms. The third-order valence-electron chi connectivity index (χ3n) is 3.38. The number of anilines is 1. The maximum atomic E-state index is 12.0. The summed E-state index contributed by atoms with van der Waals surface area (Å²) in [5.74, 6) is -1.39. The second-order valence-corrected chi connectivity index (χ2v) is 5.00. The van der Waals surface area contributed by atoms with Crippen molar-refractivity contribution in [2.45, 2.75) is 6.54 Å². The topological polar surface area (TPSA) is 71.1 Å². The molecule has 0 fully saturated rings. The fraction of sp³-hybridized carbons (Fsp3) is 0.0556. The van der Waals surface area contributed by atoms with Crippen molar-refractivity contribution in [2.24, 2.45) is 0 Å². The molecule has 1 aromatic heterocycles. The molecule has 0 aliphatic carbocycles. The van der Waals surface area contributed by atoms with Gasteiger partial charge in [-0.15, -0.1) is 0 Å². The van der Waals surface area contributed by atoms with E-state index in [1.165, 1.54) is 0 Å². The van der Waals surface area contributed by atoms with Gasteiger partial charge in [0, 0.05) is 18.1 Å². The largest absolute Gasteiger partial charge is 0.344 e. The van der Waals surface area contributed by atoms with Gasteiger partial charge in [0.25, 0.3) is 0 Å². The number of amides is 2. The Balaban J connectivity index is 1.67. The lowest BCUT2D eigenvalue weighted by molar-refractivity contribution is -0.136. The van der Waals surface area contributed by atoms with Crippen LogP contribution in [0.3, 0.4) is 0 Å². The molecule has 5 nitrogen and oxygen atoms in total. The van der Waals surface area contributed by atoms with Crippen LogP contribution in [0.15, 0.2) is 66.9 Å². The van der Waals surface area contributed by atoms with Crippen molar-refractivity contribution in [3.8, 4) is 0 Å². The number of hydrogen-bond donors (Lipinski definition) is 2. The highest BCUT2D eigenvalue weighted by Gasteiger charge is 2.14. The van der Waals surface area contributed by atoms with E-state index in [0.29, 0.717) is 17.7 Å². The van der Waals surface area contributed by atoms with Crippen LogP contribution in [0.4, 0.5) is 5.69 Å². The zero-order valence-electron chi connectivity index (χ0n) is 12.3. The van der Waals surface area contributed by atoms with Crippen molar-refractivity contribution in [2.75, 3.05) is 5.32 Å². The predicted octanol–water partition coefficient (Wildman–Crippen LogP) is 2.49. The molecule has 2 aromatic carbocycles. The summed E-state index contributed by atoms with van der Waals surface area (Å²) in [5, 5.41) is 6.10. The third-order valence-corrected chi connectivity index (χ3v) is 3.38. The predicted molar refractivity (Wildman–Crippen MR) is 88.7 cm³/mol. The van der Waals surface area contributed by atoms with Crippen molar-refractivity contribution in [1.82, 2.24) is 10.3 Å². The summed E-state index contributed by atoms with van der Waals surface area (Å²) in [6.45, 7) is 0.306. The number of nitrogens with zero attached hydrogens (tertiary/aromatic N) is 1. The molecule has 2 amide bonds. The number of para-hydroxylation sites is 1. The van der Waals surface area contributed by atoms with E-state index in [1.807, 2.05) is 54.6 Å². The molecule has 0 aliphatic rings. The van der Waals surface area contributed by atoms with Gasteiger partial charge in [0.05, 0.1) is 11.2 Å². The number of nitrogens with one attached hydrogen (secondary N) is 2. The fourth-order valence-corrected chi connectivity index (χ4v) is 2.24. The zero-order chi connectivity index (χ0) is 16.1. The zero-order valence-corrected chi connectivity index (χ0v) is 12.3. The van der Waals surface area contributed by atoms with Crippen molar-refractivity contribution in [3.05, 3.63) is 72.4 Å². The number of aromatic nitrogens is 1. The number of rotatable bonds is 3. The van der Waals surface area contributed by atoms with Gasteiger partial charge in [-0.1, -0.05) is 48.5 Å². The van der Waals surface area contributed by atoms with Gasteiger partial charge in [0.1, 0.15) is 0 Å². The van der Waals surface area contributed by atoms with Crippen LogP contribution in [0.1, 0.15) is 5.56 Å². The van der Waals surface area contributed by atoms with E-state index in [9.17, 15) is 9.59 Å². The summed E-state index contributed by atoms with van der Waals surface area (Å²) in [4.78, 5) is 28.2. The van der Waals surface area contributed by atoms with Crippen LogP contribution >= 0.6 is 0 Å². The van der Waals surface area contributed by atoms with E-state index in [4.69, 9.17) is 0 Å². The van der Waals surface area contributed by atoms with Crippen molar-refractivity contribution >= 4 is 28.4 Å². The molecule has 1 heterocycles. The Hall–Kier alpha value is -3.21. The Labute approximate surface area is 133 Å². The molecule has 0 unspecified atom stereocenters. The third kappa shape index (κ3) is 3.52. The molecule has 0 saturated heterocycles. The SMILES string of the molecule is O=C(NCc1ccccc1)C(=O)Nc1cccc2cccnc12. The van der Waals surface area contributed by atoms with Crippen molar-refractivity contribution in [1.29, 1.82) is 0 Å². The minimum Gasteiger partial charge on any atom is -0.344 e. The highest BCUT2D eigenvalue weighted by molar-refractivity contribution is 6.40. The first kappa shape index (κ1) is 14.7. The van der Waals surface area contributed by atoms with Gasteiger partial charge in [-0.25, -0.2) is 0 Å². The van der Waals surface area contributed by atoms with E-state index < -0.39 is 11.8 Å². The van der Waals surface area contributed by atoms with Gasteiger partial charge in [-0.2, -0.15) is 0 Å². The lowest BCUT2D eigenvalue weighted by Crippen LogP contribution is -2.35. The highest BCUT2D eigenvalue weighted by Crippen LogP contribution is 2.20. The van der Waals surface area contributed by atoms with Crippen molar-refractivity contribution < 1.29 is 9.59 Å². The Bertz CT molecular complexity index is 842. The molecule has 3 rings (SSSR count). The molecular weight excluding hydrogens is 290 g/mol. The van der Waals surface area contributed by atoms with Crippen LogP contribution in [0, 0.1) is 0 Å². The van der Waals surface area contributed by atoms with Crippen LogP contribution in [-0.2, 0) is 16.1 Å². The second kappa shape index (κ2) is 6.70. The van der Waals surface area contributed by atoms with Gasteiger partial charge in [-0.05, 0) is 17.7 Å². The second-order valence-electron chi connectivity index (χ2n) is 5.00. The number of carbonyl (C=O) groups excluding carboxylic acids is 2. The van der Waals surface area contributed by atoms with E-state index in [1.54, 1.807) is 12.3 Å². The normalized spacial score (nSPS) is 10.3. The Morgan fingerprint density at radius 2 is 1.65 bits per heavy atom. The first-order chi connectivity index (χ1) is 11.2. The Morgan fingerprint density at radius 1 is 0.870 bits per heavy atom. The smallest absolute Gasteiger partial charge is 0.313 e. The van der Waals surface area contributed by atoms with Crippen molar-refractivity contribution in [3.63, 3.8) is 0 Å². The maximum Gasteiger partial charge on any atom is 0.313 e. The minimum absolute atomic E-state index is 0.306. The molecular formula is C18H15N3O2. The van der Waals surface area contributed by atoms with Crippen LogP contribution in [0.5, 0.6) is 0 Å². The van der Waals surface area contributed by atoms with E-state index in [0.717, 1.165) is 10.9 Å². The number of benzene rings is 2. The summed E-state index contributed by atoms with van der Waals surface area (Å²) >= 11 is 0. The van der Waals surface area contributed by atoms with Gasteiger partial charge >= 0.3 is 11.8 Å². The van der Waals surface area contributed by atoms with Gasteiger partial charge in [0.15, 0.2) is 0 Å². The minimum atomic E-state index is -0.709. The van der Waals surface area contributed by atoms with Gasteiger partial charge in [-0.3, -0.25) is 14.6 Å². The van der Waals surface area contributed by atoms with Gasteiger partial charge < -0.3 is 10.6 Å². The first-order valence-electron chi connectivity index (χ1n) is 7.21. The maximum absolute atomic E-state index is 12.0. The van der Waals surface area contributed by atoms with Gasteiger partial charge in [0.2, 0.25) is 0 Å².